The summed E-state index contributed by atoms with van der Waals surface area (Å²) in [7, 11) is 0. The first-order chi connectivity index (χ1) is 16.9. The van der Waals surface area contributed by atoms with Gasteiger partial charge in [0.25, 0.3) is 0 Å². The number of carbonyl (C=O) groups excluding carboxylic acids is 2. The summed E-state index contributed by atoms with van der Waals surface area (Å²) in [5.74, 6) is 0.399. The lowest BCUT2D eigenvalue weighted by molar-refractivity contribution is -0.186. The van der Waals surface area contributed by atoms with Crippen LogP contribution < -0.4 is 4.74 Å². The van der Waals surface area contributed by atoms with Crippen LogP contribution in [0.25, 0.3) is 0 Å². The number of ether oxygens (including phenoxy) is 2. The Kier molecular flexibility index (Phi) is 6.76. The average molecular weight is 530 g/mol. The number of hydrogen-bond acceptors (Lipinski definition) is 4. The quantitative estimate of drug-likeness (QED) is 0.413. The van der Waals surface area contributed by atoms with Gasteiger partial charge >= 0.3 is 0 Å². The first-order valence-electron chi connectivity index (χ1n) is 12.8. The van der Waals surface area contributed by atoms with Gasteiger partial charge < -0.3 is 9.47 Å². The van der Waals surface area contributed by atoms with E-state index in [0.29, 0.717) is 35.2 Å². The fourth-order valence-corrected chi connectivity index (χ4v) is 7.12. The van der Waals surface area contributed by atoms with Gasteiger partial charge in [0.05, 0.1) is 24.0 Å². The van der Waals surface area contributed by atoms with Crippen molar-refractivity contribution in [1.82, 2.24) is 0 Å². The highest BCUT2D eigenvalue weighted by molar-refractivity contribution is 6.35. The Hall–Kier alpha value is -1.88. The monoisotopic (exact) mass is 528 g/mol. The van der Waals surface area contributed by atoms with Crippen LogP contribution in [-0.4, -0.2) is 23.8 Å². The molecule has 2 aromatic carbocycles. The maximum absolute atomic E-state index is 13.5. The van der Waals surface area contributed by atoms with Gasteiger partial charge in [0.1, 0.15) is 23.9 Å². The second-order valence-electron chi connectivity index (χ2n) is 12.4. The molecule has 4 nitrogen and oxygen atoms in total. The van der Waals surface area contributed by atoms with E-state index in [1.807, 2.05) is 30.3 Å². The van der Waals surface area contributed by atoms with Gasteiger partial charge in [-0.3, -0.25) is 9.59 Å². The third-order valence-electron chi connectivity index (χ3n) is 8.16. The minimum absolute atomic E-state index is 0.0928. The summed E-state index contributed by atoms with van der Waals surface area (Å²) < 4.78 is 12.6. The molecule has 1 saturated heterocycles. The molecule has 2 saturated carbocycles. The molecule has 0 bridgehead atoms. The van der Waals surface area contributed by atoms with E-state index in [2.05, 4.69) is 27.7 Å². The van der Waals surface area contributed by atoms with Gasteiger partial charge in [0.15, 0.2) is 0 Å². The zero-order valence-electron chi connectivity index (χ0n) is 21.4. The lowest BCUT2D eigenvalue weighted by Crippen LogP contribution is -2.58. The van der Waals surface area contributed by atoms with Crippen LogP contribution in [0.2, 0.25) is 10.0 Å². The van der Waals surface area contributed by atoms with Crippen LogP contribution in [0.4, 0.5) is 0 Å². The largest absolute Gasteiger partial charge is 0.489 e. The van der Waals surface area contributed by atoms with Gasteiger partial charge in [-0.15, -0.1) is 0 Å². The minimum Gasteiger partial charge on any atom is -0.489 e. The third kappa shape index (κ3) is 5.10. The van der Waals surface area contributed by atoms with Gasteiger partial charge in [0, 0.05) is 34.4 Å². The topological polar surface area (TPSA) is 52.6 Å². The Labute approximate surface area is 223 Å². The van der Waals surface area contributed by atoms with Crippen molar-refractivity contribution in [3.8, 4) is 5.75 Å². The van der Waals surface area contributed by atoms with E-state index < -0.39 is 0 Å². The van der Waals surface area contributed by atoms with Crippen molar-refractivity contribution in [2.45, 2.75) is 78.1 Å². The molecule has 5 rings (SSSR count). The Morgan fingerprint density at radius 1 is 0.833 bits per heavy atom. The number of carbonyl (C=O) groups is 2. The summed E-state index contributed by atoms with van der Waals surface area (Å²) in [5.41, 5.74) is 1.68. The molecule has 1 heterocycles. The van der Waals surface area contributed by atoms with Gasteiger partial charge in [-0.05, 0) is 53.5 Å². The van der Waals surface area contributed by atoms with Crippen LogP contribution >= 0.6 is 23.2 Å². The van der Waals surface area contributed by atoms with E-state index in [0.717, 1.165) is 24.0 Å². The Morgan fingerprint density at radius 2 is 1.39 bits per heavy atom. The zero-order chi connectivity index (χ0) is 25.8. The third-order valence-corrected chi connectivity index (χ3v) is 8.74. The lowest BCUT2D eigenvalue weighted by Gasteiger charge is -2.54. The second kappa shape index (κ2) is 9.45. The van der Waals surface area contributed by atoms with Crippen LogP contribution in [0, 0.1) is 22.7 Å². The van der Waals surface area contributed by atoms with Crippen LogP contribution in [0.15, 0.2) is 42.5 Å². The van der Waals surface area contributed by atoms with Crippen LogP contribution in [0.1, 0.15) is 70.4 Å². The van der Waals surface area contributed by atoms with E-state index in [4.69, 9.17) is 32.7 Å². The lowest BCUT2D eigenvalue weighted by atomic mass is 9.56. The molecule has 3 aliphatic rings. The molecule has 4 unspecified atom stereocenters. The molecule has 3 fully saturated rings. The summed E-state index contributed by atoms with van der Waals surface area (Å²) in [4.78, 5) is 27.0. The van der Waals surface area contributed by atoms with Gasteiger partial charge in [0.2, 0.25) is 0 Å². The Morgan fingerprint density at radius 3 is 1.92 bits per heavy atom. The predicted octanol–water partition coefficient (Wildman–Crippen LogP) is 7.43. The predicted molar refractivity (Wildman–Crippen MR) is 142 cm³/mol. The smallest absolute Gasteiger partial charge is 0.139 e. The maximum atomic E-state index is 13.5. The van der Waals surface area contributed by atoms with Gasteiger partial charge in [-0.25, -0.2) is 0 Å². The standard InChI is InChI=1S/C30H34Cl2O4/c1-29(2)12-22(33)27-24(14-29)36-25-15-30(3,4)13-23(34)28(25)26(27)17-6-9-20(10-7-17)35-16-18-5-8-19(31)11-21(18)32/h5-11,24-28H,12-16H2,1-4H3. The maximum Gasteiger partial charge on any atom is 0.139 e. The number of benzene rings is 2. The molecule has 36 heavy (non-hydrogen) atoms. The highest BCUT2D eigenvalue weighted by atomic mass is 35.5. The molecule has 192 valence electrons. The van der Waals surface area contributed by atoms with Crippen molar-refractivity contribution in [3.63, 3.8) is 0 Å². The SMILES string of the molecule is CC1(C)CC(=O)C2C(C1)OC1CC(C)(C)CC(=O)C1C2c1ccc(OCc2ccc(Cl)cc2Cl)cc1. The molecule has 0 aromatic heterocycles. The number of Topliss-reactive ketones (excluding diaryl/α,β-unsaturated/α-hetero) is 2. The summed E-state index contributed by atoms with van der Waals surface area (Å²) >= 11 is 12.3. The zero-order valence-corrected chi connectivity index (χ0v) is 22.9. The Balaban J connectivity index is 1.42. The van der Waals surface area contributed by atoms with E-state index >= 15 is 0 Å². The van der Waals surface area contributed by atoms with Gasteiger partial charge in [-0.2, -0.15) is 0 Å². The van der Waals surface area contributed by atoms with Crippen molar-refractivity contribution in [2.24, 2.45) is 22.7 Å². The Bertz CT molecular complexity index is 1130. The highest BCUT2D eigenvalue weighted by Gasteiger charge is 2.57. The molecular weight excluding hydrogens is 495 g/mol. The summed E-state index contributed by atoms with van der Waals surface area (Å²) in [6, 6.07) is 13.2. The molecule has 2 aliphatic carbocycles. The number of hydrogen-bond donors (Lipinski definition) is 0. The fourth-order valence-electron chi connectivity index (χ4n) is 6.66. The molecule has 4 atom stereocenters. The number of rotatable bonds is 4. The molecule has 0 spiro atoms. The average Bonchev–Trinajstić information content (AvgIpc) is 2.76. The first kappa shape index (κ1) is 25.8. The highest BCUT2D eigenvalue weighted by Crippen LogP contribution is 2.55. The number of halogens is 2. The van der Waals surface area contributed by atoms with E-state index in [1.165, 1.54) is 0 Å². The normalized spacial score (nSPS) is 30.9. The molecule has 6 heteroatoms. The van der Waals surface area contributed by atoms with Crippen LogP contribution in [0.5, 0.6) is 5.75 Å². The van der Waals surface area contributed by atoms with Crippen molar-refractivity contribution in [3.05, 3.63) is 63.6 Å². The van der Waals surface area contributed by atoms with E-state index in [9.17, 15) is 9.59 Å². The molecule has 0 radical (unpaired) electrons. The van der Waals surface area contributed by atoms with Gasteiger partial charge in [-0.1, -0.05) is 69.1 Å². The fraction of sp³-hybridized carbons (Fsp3) is 0.533. The molecule has 2 aromatic rings. The van der Waals surface area contributed by atoms with Crippen LogP contribution in [-0.2, 0) is 20.9 Å². The first-order valence-corrected chi connectivity index (χ1v) is 13.6. The minimum atomic E-state index is -0.288. The molecular formula is C30H34Cl2O4. The number of fused-ring (bicyclic) bond motifs is 2. The van der Waals surface area contributed by atoms with Crippen LogP contribution in [0.3, 0.4) is 0 Å². The van der Waals surface area contributed by atoms with Crippen molar-refractivity contribution in [2.75, 3.05) is 0 Å². The van der Waals surface area contributed by atoms with Crippen molar-refractivity contribution in [1.29, 1.82) is 0 Å². The second-order valence-corrected chi connectivity index (χ2v) is 13.3. The summed E-state index contributed by atoms with van der Waals surface area (Å²) in [5, 5.41) is 1.15. The molecule has 1 aliphatic heterocycles. The van der Waals surface area contributed by atoms with Crippen molar-refractivity contribution >= 4 is 34.8 Å². The molecule has 0 amide bonds. The van der Waals surface area contributed by atoms with E-state index in [1.54, 1.807) is 12.1 Å². The number of ketones is 2. The van der Waals surface area contributed by atoms with Crippen molar-refractivity contribution < 1.29 is 19.1 Å². The summed E-state index contributed by atoms with van der Waals surface area (Å²) in [6.45, 7) is 8.88. The molecule has 0 N–H and O–H groups in total. The van der Waals surface area contributed by atoms with E-state index in [-0.39, 0.29) is 52.4 Å². The summed E-state index contributed by atoms with van der Waals surface area (Å²) in [6.07, 6.45) is 2.40.